The number of aliphatic imine (C=N–C) groups is 1. The quantitative estimate of drug-likeness (QED) is 0.796. The van der Waals surface area contributed by atoms with E-state index in [4.69, 9.17) is 9.47 Å². The third-order valence-corrected chi connectivity index (χ3v) is 4.63. The van der Waals surface area contributed by atoms with E-state index in [2.05, 4.69) is 48.5 Å². The molecule has 1 heterocycles. The average molecular weight is 365 g/mol. The van der Waals surface area contributed by atoms with Gasteiger partial charge in [0, 0.05) is 6.20 Å². The zero-order valence-corrected chi connectivity index (χ0v) is 16.4. The van der Waals surface area contributed by atoms with Crippen LogP contribution in [-0.2, 0) is 12.8 Å². The predicted molar refractivity (Wildman–Crippen MR) is 111 cm³/mol. The summed E-state index contributed by atoms with van der Waals surface area (Å²) in [6, 6.07) is 12.2. The largest absolute Gasteiger partial charge is 0.495 e. The fourth-order valence-corrected chi connectivity index (χ4v) is 3.11. The number of hydrogen-bond donors (Lipinski definition) is 2. The summed E-state index contributed by atoms with van der Waals surface area (Å²) in [4.78, 5) is 4.63. The molecule has 27 heavy (non-hydrogen) atoms. The number of guanidine groups is 1. The second kappa shape index (κ2) is 8.62. The van der Waals surface area contributed by atoms with Crippen molar-refractivity contribution in [1.82, 2.24) is 5.32 Å². The first kappa shape index (κ1) is 18.8. The van der Waals surface area contributed by atoms with Crippen LogP contribution in [0.25, 0.3) is 0 Å². The van der Waals surface area contributed by atoms with Gasteiger partial charge in [0.1, 0.15) is 11.5 Å². The molecule has 0 radical (unpaired) electrons. The van der Waals surface area contributed by atoms with Gasteiger partial charge in [0.05, 0.1) is 12.8 Å². The van der Waals surface area contributed by atoms with Crippen molar-refractivity contribution in [2.75, 3.05) is 12.4 Å². The number of nitrogens with one attached hydrogen (secondary N) is 2. The highest BCUT2D eigenvalue weighted by molar-refractivity contribution is 5.96. The number of anilines is 1. The first-order valence-electron chi connectivity index (χ1n) is 9.34. The minimum atomic E-state index is -0.387. The summed E-state index contributed by atoms with van der Waals surface area (Å²) in [5.74, 6) is 2.29. The lowest BCUT2D eigenvalue weighted by atomic mass is 10.1. The second-order valence-electron chi connectivity index (χ2n) is 6.41. The van der Waals surface area contributed by atoms with Crippen LogP contribution >= 0.6 is 0 Å². The minimum absolute atomic E-state index is 0.387. The number of rotatable bonds is 6. The number of nitrogens with zero attached hydrogens (tertiary/aromatic N) is 1. The summed E-state index contributed by atoms with van der Waals surface area (Å²) in [5, 5.41) is 6.42. The maximum Gasteiger partial charge on any atom is 0.214 e. The Balaban J connectivity index is 1.77. The topological polar surface area (TPSA) is 54.9 Å². The van der Waals surface area contributed by atoms with Crippen LogP contribution in [0.5, 0.6) is 11.5 Å². The van der Waals surface area contributed by atoms with Crippen molar-refractivity contribution in [3.8, 4) is 11.5 Å². The number of benzene rings is 2. The van der Waals surface area contributed by atoms with E-state index in [9.17, 15) is 0 Å². The Hall–Kier alpha value is -2.95. The fourth-order valence-electron chi connectivity index (χ4n) is 3.11. The zero-order chi connectivity index (χ0) is 19.2. The molecule has 2 aromatic rings. The van der Waals surface area contributed by atoms with E-state index in [1.165, 1.54) is 16.7 Å². The summed E-state index contributed by atoms with van der Waals surface area (Å²) in [6.07, 6.45) is 5.23. The van der Waals surface area contributed by atoms with Gasteiger partial charge in [-0.1, -0.05) is 32.0 Å². The van der Waals surface area contributed by atoms with Gasteiger partial charge in [0.15, 0.2) is 0 Å². The van der Waals surface area contributed by atoms with Crippen molar-refractivity contribution in [1.29, 1.82) is 0 Å². The molecule has 0 spiro atoms. The van der Waals surface area contributed by atoms with Crippen molar-refractivity contribution in [3.63, 3.8) is 0 Å². The standard InChI is InChI=1S/C22H27N3O2/c1-5-16-10-11-18(20(14-16)26-4)24-22-23-13-12-21(25-22)27-19-9-7-8-15(3)17(19)6-2/h7-14,21H,5-6H2,1-4H3,(H2,23,24,25). The molecule has 3 rings (SSSR count). The molecule has 0 amide bonds. The third kappa shape index (κ3) is 4.42. The van der Waals surface area contributed by atoms with Gasteiger partial charge in [-0.15, -0.1) is 0 Å². The van der Waals surface area contributed by atoms with Crippen LogP contribution in [0.2, 0.25) is 0 Å². The van der Waals surface area contributed by atoms with E-state index in [1.807, 2.05) is 36.5 Å². The lowest BCUT2D eigenvalue weighted by Crippen LogP contribution is -2.33. The normalized spacial score (nSPS) is 15.7. The van der Waals surface area contributed by atoms with Crippen LogP contribution in [0.1, 0.15) is 30.5 Å². The molecule has 5 heteroatoms. The van der Waals surface area contributed by atoms with Crippen molar-refractivity contribution >= 4 is 11.6 Å². The summed E-state index contributed by atoms with van der Waals surface area (Å²) >= 11 is 0. The predicted octanol–water partition coefficient (Wildman–Crippen LogP) is 4.42. The number of aryl methyl sites for hydroxylation is 2. The zero-order valence-electron chi connectivity index (χ0n) is 16.4. The van der Waals surface area contributed by atoms with Gasteiger partial charge >= 0.3 is 0 Å². The van der Waals surface area contributed by atoms with Gasteiger partial charge in [-0.3, -0.25) is 0 Å². The Morgan fingerprint density at radius 3 is 2.70 bits per heavy atom. The molecule has 1 aliphatic heterocycles. The highest BCUT2D eigenvalue weighted by Gasteiger charge is 2.15. The van der Waals surface area contributed by atoms with E-state index in [-0.39, 0.29) is 6.23 Å². The van der Waals surface area contributed by atoms with E-state index in [0.29, 0.717) is 5.96 Å². The highest BCUT2D eigenvalue weighted by atomic mass is 16.5. The van der Waals surface area contributed by atoms with Crippen molar-refractivity contribution in [3.05, 3.63) is 65.4 Å². The summed E-state index contributed by atoms with van der Waals surface area (Å²) in [7, 11) is 1.67. The molecule has 0 aromatic heterocycles. The van der Waals surface area contributed by atoms with E-state index in [0.717, 1.165) is 30.0 Å². The Labute approximate surface area is 161 Å². The molecule has 0 bridgehead atoms. The summed E-state index contributed by atoms with van der Waals surface area (Å²) < 4.78 is 11.6. The number of hydrogen-bond acceptors (Lipinski definition) is 5. The Morgan fingerprint density at radius 1 is 1.11 bits per heavy atom. The monoisotopic (exact) mass is 365 g/mol. The molecule has 1 unspecified atom stereocenters. The summed E-state index contributed by atoms with van der Waals surface area (Å²) in [6.45, 7) is 6.36. The van der Waals surface area contributed by atoms with E-state index < -0.39 is 0 Å². The van der Waals surface area contributed by atoms with Crippen LogP contribution < -0.4 is 20.1 Å². The van der Waals surface area contributed by atoms with E-state index >= 15 is 0 Å². The molecule has 0 aliphatic carbocycles. The van der Waals surface area contributed by atoms with Crippen LogP contribution in [-0.4, -0.2) is 19.3 Å². The minimum Gasteiger partial charge on any atom is -0.495 e. The molecule has 142 valence electrons. The van der Waals surface area contributed by atoms with Gasteiger partial charge in [0.25, 0.3) is 0 Å². The highest BCUT2D eigenvalue weighted by Crippen LogP contribution is 2.27. The lowest BCUT2D eigenvalue weighted by molar-refractivity contribution is 0.254. The third-order valence-electron chi connectivity index (χ3n) is 4.63. The first-order valence-corrected chi connectivity index (χ1v) is 9.34. The van der Waals surface area contributed by atoms with Crippen molar-refractivity contribution < 1.29 is 9.47 Å². The van der Waals surface area contributed by atoms with Gasteiger partial charge in [0.2, 0.25) is 12.2 Å². The fraction of sp³-hybridized carbons (Fsp3) is 0.318. The van der Waals surface area contributed by atoms with Gasteiger partial charge in [-0.25, -0.2) is 4.99 Å². The van der Waals surface area contributed by atoms with E-state index in [1.54, 1.807) is 7.11 Å². The molecule has 2 aromatic carbocycles. The molecule has 0 saturated carbocycles. The molecule has 5 nitrogen and oxygen atoms in total. The van der Waals surface area contributed by atoms with Crippen LogP contribution in [0.15, 0.2) is 53.7 Å². The van der Waals surface area contributed by atoms with Crippen LogP contribution in [0, 0.1) is 6.92 Å². The lowest BCUT2D eigenvalue weighted by Gasteiger charge is -2.21. The molecule has 1 aliphatic rings. The maximum absolute atomic E-state index is 6.13. The Morgan fingerprint density at radius 2 is 1.96 bits per heavy atom. The SMILES string of the molecule is CCc1ccc(NC2=NC(Oc3cccc(C)c3CC)C=CN2)c(OC)c1. The van der Waals surface area contributed by atoms with Gasteiger partial charge in [-0.05, 0) is 60.7 Å². The number of methoxy groups -OCH3 is 1. The summed E-state index contributed by atoms with van der Waals surface area (Å²) in [5.41, 5.74) is 4.53. The van der Waals surface area contributed by atoms with Gasteiger partial charge in [-0.2, -0.15) is 0 Å². The maximum atomic E-state index is 6.13. The number of ether oxygens (including phenoxy) is 2. The molecule has 0 saturated heterocycles. The molecular formula is C22H27N3O2. The Bertz CT molecular complexity index is 859. The average Bonchev–Trinajstić information content (AvgIpc) is 2.69. The van der Waals surface area contributed by atoms with Crippen LogP contribution in [0.3, 0.4) is 0 Å². The van der Waals surface area contributed by atoms with Crippen molar-refractivity contribution in [2.24, 2.45) is 4.99 Å². The molecule has 1 atom stereocenters. The smallest absolute Gasteiger partial charge is 0.214 e. The molecular weight excluding hydrogens is 338 g/mol. The second-order valence-corrected chi connectivity index (χ2v) is 6.41. The molecule has 2 N–H and O–H groups in total. The first-order chi connectivity index (χ1) is 13.1. The van der Waals surface area contributed by atoms with Crippen LogP contribution in [0.4, 0.5) is 5.69 Å². The molecule has 0 fully saturated rings. The Kier molecular flexibility index (Phi) is 6.01. The van der Waals surface area contributed by atoms with Crippen molar-refractivity contribution in [2.45, 2.75) is 39.8 Å². The van der Waals surface area contributed by atoms with Gasteiger partial charge < -0.3 is 20.1 Å².